The minimum absolute atomic E-state index is 0.325. The zero-order valence-corrected chi connectivity index (χ0v) is 8.61. The van der Waals surface area contributed by atoms with Crippen LogP contribution in [-0.4, -0.2) is 22.0 Å². The molecule has 1 aromatic heterocycles. The molecule has 1 amide bonds. The highest BCUT2D eigenvalue weighted by atomic mass is 79.9. The molecule has 1 aromatic rings. The molecule has 0 atom stereocenters. The van der Waals surface area contributed by atoms with Gasteiger partial charge in [-0.2, -0.15) is 0 Å². The number of pyridine rings is 1. The van der Waals surface area contributed by atoms with Crippen LogP contribution in [0, 0.1) is 0 Å². The van der Waals surface area contributed by atoms with Gasteiger partial charge in [0, 0.05) is 0 Å². The molecule has 0 aliphatic heterocycles. The number of aromatic nitrogens is 1. The Kier molecular flexibility index (Phi) is 3.58. The van der Waals surface area contributed by atoms with Crippen molar-refractivity contribution in [2.45, 2.75) is 6.42 Å². The predicted molar refractivity (Wildman–Crippen MR) is 52.8 cm³/mol. The van der Waals surface area contributed by atoms with Gasteiger partial charge in [-0.05, 0) is 28.1 Å². The topological polar surface area (TPSA) is 79.3 Å². The number of hydrogen-bond donors (Lipinski definition) is 2. The summed E-state index contributed by atoms with van der Waals surface area (Å²) >= 11 is 3.12. The maximum Gasteiger partial charge on any atom is 0.312 e. The van der Waals surface area contributed by atoms with Crippen molar-refractivity contribution in [3.63, 3.8) is 0 Å². The van der Waals surface area contributed by atoms with Gasteiger partial charge >= 0.3 is 5.97 Å². The fraction of sp³-hybridized carbons (Fsp3) is 0.125. The van der Waals surface area contributed by atoms with Gasteiger partial charge in [0.25, 0.3) is 0 Å². The number of nitrogens with one attached hydrogen (secondary N) is 1. The third-order valence-corrected chi connectivity index (χ3v) is 1.74. The fourth-order valence-corrected chi connectivity index (χ4v) is 1.15. The van der Waals surface area contributed by atoms with Gasteiger partial charge in [0.2, 0.25) is 5.91 Å². The van der Waals surface area contributed by atoms with E-state index in [0.717, 1.165) is 0 Å². The lowest BCUT2D eigenvalue weighted by Gasteiger charge is -2.01. The van der Waals surface area contributed by atoms with Crippen LogP contribution in [0.15, 0.2) is 22.8 Å². The smallest absolute Gasteiger partial charge is 0.312 e. The Labute approximate surface area is 88.3 Å². The number of carboxylic acids is 1. The van der Waals surface area contributed by atoms with Crippen molar-refractivity contribution in [2.24, 2.45) is 0 Å². The Morgan fingerprint density at radius 1 is 1.50 bits per heavy atom. The summed E-state index contributed by atoms with van der Waals surface area (Å²) in [6.45, 7) is 0. The Bertz CT molecular complexity index is 367. The molecule has 1 heterocycles. The minimum atomic E-state index is -1.17. The van der Waals surface area contributed by atoms with Crippen LogP contribution in [-0.2, 0) is 9.59 Å². The van der Waals surface area contributed by atoms with Crippen LogP contribution in [0.25, 0.3) is 0 Å². The van der Waals surface area contributed by atoms with Crippen LogP contribution in [0.4, 0.5) is 5.82 Å². The number of halogens is 1. The van der Waals surface area contributed by atoms with Gasteiger partial charge in [0.1, 0.15) is 16.8 Å². The summed E-state index contributed by atoms with van der Waals surface area (Å²) in [4.78, 5) is 25.1. The molecule has 1 rings (SSSR count). The van der Waals surface area contributed by atoms with E-state index in [1.807, 2.05) is 0 Å². The molecule has 2 N–H and O–H groups in total. The lowest BCUT2D eigenvalue weighted by atomic mass is 10.4. The summed E-state index contributed by atoms with van der Waals surface area (Å²) in [6, 6.07) is 4.96. The molecule has 5 nitrogen and oxygen atoms in total. The monoisotopic (exact) mass is 258 g/mol. The first kappa shape index (κ1) is 10.6. The molecule has 0 spiro atoms. The Morgan fingerprint density at radius 2 is 2.21 bits per heavy atom. The summed E-state index contributed by atoms with van der Waals surface area (Å²) in [5, 5.41) is 10.7. The number of hydrogen-bond acceptors (Lipinski definition) is 3. The van der Waals surface area contributed by atoms with Gasteiger partial charge in [-0.1, -0.05) is 6.07 Å². The molecule has 0 bridgehead atoms. The van der Waals surface area contributed by atoms with Crippen molar-refractivity contribution >= 4 is 33.6 Å². The average Bonchev–Trinajstić information content (AvgIpc) is 2.01. The molecule has 0 radical (unpaired) electrons. The minimum Gasteiger partial charge on any atom is -0.481 e. The molecule has 14 heavy (non-hydrogen) atoms. The average molecular weight is 259 g/mol. The second-order valence-electron chi connectivity index (χ2n) is 2.46. The predicted octanol–water partition coefficient (Wildman–Crippen LogP) is 1.26. The van der Waals surface area contributed by atoms with E-state index in [1.165, 1.54) is 0 Å². The third-order valence-electron chi connectivity index (χ3n) is 1.29. The van der Waals surface area contributed by atoms with E-state index in [9.17, 15) is 9.59 Å². The molecule has 0 fully saturated rings. The van der Waals surface area contributed by atoms with Gasteiger partial charge in [-0.25, -0.2) is 4.98 Å². The number of carboxylic acid groups (broad SMARTS) is 1. The number of nitrogens with zero attached hydrogens (tertiary/aromatic N) is 1. The van der Waals surface area contributed by atoms with E-state index in [0.29, 0.717) is 10.4 Å². The maximum absolute atomic E-state index is 11.0. The molecule has 0 aromatic carbocycles. The lowest BCUT2D eigenvalue weighted by molar-refractivity contribution is -0.139. The highest BCUT2D eigenvalue weighted by Crippen LogP contribution is 2.09. The summed E-state index contributed by atoms with van der Waals surface area (Å²) in [5.41, 5.74) is 0. The quantitative estimate of drug-likeness (QED) is 0.632. The number of rotatable bonds is 3. The van der Waals surface area contributed by atoms with Crippen molar-refractivity contribution in [3.8, 4) is 0 Å². The Morgan fingerprint density at radius 3 is 2.79 bits per heavy atom. The maximum atomic E-state index is 11.0. The number of aliphatic carboxylic acids is 1. The van der Waals surface area contributed by atoms with Crippen molar-refractivity contribution in [3.05, 3.63) is 22.8 Å². The van der Waals surface area contributed by atoms with E-state index in [4.69, 9.17) is 5.11 Å². The molecule has 0 saturated carbocycles. The number of amides is 1. The first-order valence-corrected chi connectivity index (χ1v) is 4.51. The molecule has 0 saturated heterocycles. The van der Waals surface area contributed by atoms with Crippen LogP contribution < -0.4 is 5.32 Å². The van der Waals surface area contributed by atoms with E-state index in [-0.39, 0.29) is 0 Å². The van der Waals surface area contributed by atoms with Crippen LogP contribution in [0.1, 0.15) is 6.42 Å². The van der Waals surface area contributed by atoms with Crippen molar-refractivity contribution in [2.75, 3.05) is 5.32 Å². The summed E-state index contributed by atoms with van der Waals surface area (Å²) < 4.78 is 0.575. The second kappa shape index (κ2) is 4.71. The van der Waals surface area contributed by atoms with Gasteiger partial charge in [0.15, 0.2) is 0 Å². The summed E-state index contributed by atoms with van der Waals surface area (Å²) in [6.07, 6.45) is -0.561. The summed E-state index contributed by atoms with van der Waals surface area (Å²) in [7, 11) is 0. The summed E-state index contributed by atoms with van der Waals surface area (Å²) in [5.74, 6) is -1.44. The Balaban J connectivity index is 2.60. The Hall–Kier alpha value is -1.43. The van der Waals surface area contributed by atoms with E-state index in [2.05, 4.69) is 26.2 Å². The van der Waals surface area contributed by atoms with Crippen molar-refractivity contribution in [1.29, 1.82) is 0 Å². The highest BCUT2D eigenvalue weighted by molar-refractivity contribution is 9.10. The molecular formula is C8H7BrN2O3. The van der Waals surface area contributed by atoms with Crippen LogP contribution in [0.5, 0.6) is 0 Å². The number of carbonyl (C=O) groups is 2. The van der Waals surface area contributed by atoms with Crippen LogP contribution in [0.3, 0.4) is 0 Å². The molecule has 0 unspecified atom stereocenters. The lowest BCUT2D eigenvalue weighted by Crippen LogP contribution is -2.16. The zero-order chi connectivity index (χ0) is 10.6. The molecule has 0 aliphatic carbocycles. The second-order valence-corrected chi connectivity index (χ2v) is 3.28. The normalized spacial score (nSPS) is 9.50. The highest BCUT2D eigenvalue weighted by Gasteiger charge is 2.07. The standard InChI is InChI=1S/C8H7BrN2O3/c9-5-2-1-3-6(10-5)11-7(12)4-8(13)14/h1-3H,4H2,(H,13,14)(H,10,11,12). The van der Waals surface area contributed by atoms with Gasteiger partial charge in [-0.3, -0.25) is 9.59 Å². The molecular weight excluding hydrogens is 252 g/mol. The zero-order valence-electron chi connectivity index (χ0n) is 7.03. The number of carbonyl (C=O) groups excluding carboxylic acids is 1. The van der Waals surface area contributed by atoms with E-state index >= 15 is 0 Å². The molecule has 6 heteroatoms. The first-order valence-electron chi connectivity index (χ1n) is 3.72. The first-order chi connectivity index (χ1) is 6.58. The van der Waals surface area contributed by atoms with Gasteiger partial charge in [0.05, 0.1) is 0 Å². The van der Waals surface area contributed by atoms with Crippen molar-refractivity contribution in [1.82, 2.24) is 4.98 Å². The SMILES string of the molecule is O=C(O)CC(=O)Nc1cccc(Br)n1. The van der Waals surface area contributed by atoms with Gasteiger partial charge < -0.3 is 10.4 Å². The fourth-order valence-electron chi connectivity index (χ4n) is 0.802. The molecule has 74 valence electrons. The van der Waals surface area contributed by atoms with Crippen LogP contribution >= 0.6 is 15.9 Å². The number of anilines is 1. The largest absolute Gasteiger partial charge is 0.481 e. The third kappa shape index (κ3) is 3.53. The van der Waals surface area contributed by atoms with E-state index in [1.54, 1.807) is 18.2 Å². The van der Waals surface area contributed by atoms with E-state index < -0.39 is 18.3 Å². The molecule has 0 aliphatic rings. The van der Waals surface area contributed by atoms with Gasteiger partial charge in [-0.15, -0.1) is 0 Å². The van der Waals surface area contributed by atoms with Crippen molar-refractivity contribution < 1.29 is 14.7 Å². The van der Waals surface area contributed by atoms with Crippen LogP contribution in [0.2, 0.25) is 0 Å².